The maximum atomic E-state index is 12.3. The summed E-state index contributed by atoms with van der Waals surface area (Å²) in [6.45, 7) is 5.23. The molecule has 0 bridgehead atoms. The van der Waals surface area contributed by atoms with Gasteiger partial charge in [-0.3, -0.25) is 0 Å². The topological polar surface area (TPSA) is 105 Å². The number of aryl methyl sites for hydroxylation is 1. The van der Waals surface area contributed by atoms with Crippen molar-refractivity contribution >= 4 is 34.2 Å². The van der Waals surface area contributed by atoms with E-state index in [2.05, 4.69) is 0 Å². The van der Waals surface area contributed by atoms with Crippen molar-refractivity contribution in [3.8, 4) is 0 Å². The molecule has 144 valence electrons. The summed E-state index contributed by atoms with van der Waals surface area (Å²) in [5, 5.41) is 0.109. The minimum Gasteiger partial charge on any atom is -0.462 e. The fourth-order valence-electron chi connectivity index (χ4n) is 2.32. The lowest BCUT2D eigenvalue weighted by atomic mass is 10.1. The van der Waals surface area contributed by atoms with E-state index in [1.54, 1.807) is 38.1 Å². The zero-order valence-electron chi connectivity index (χ0n) is 15.4. The second kappa shape index (κ2) is 9.18. The highest BCUT2D eigenvalue weighted by Gasteiger charge is 2.28. The summed E-state index contributed by atoms with van der Waals surface area (Å²) < 4.78 is 15.3. The Morgan fingerprint density at radius 3 is 2.11 bits per heavy atom. The standard InChI is InChI=1S/C19H21NO6S/c1-4-24-18(22)14-13(15(27-16(14)20)19(23)25-5-2)10-26-17(21)12-8-6-11(3)7-9-12/h6-9H,4-5,10,20H2,1-3H3. The van der Waals surface area contributed by atoms with Gasteiger partial charge in [-0.05, 0) is 32.9 Å². The first-order valence-corrected chi connectivity index (χ1v) is 9.19. The predicted octanol–water partition coefficient (Wildman–Crippen LogP) is 3.35. The molecule has 0 aliphatic rings. The van der Waals surface area contributed by atoms with E-state index in [4.69, 9.17) is 19.9 Å². The van der Waals surface area contributed by atoms with Gasteiger partial charge in [0, 0.05) is 5.56 Å². The van der Waals surface area contributed by atoms with E-state index < -0.39 is 17.9 Å². The fourth-order valence-corrected chi connectivity index (χ4v) is 3.28. The Bertz CT molecular complexity index is 841. The molecule has 2 aromatic rings. The molecule has 0 spiro atoms. The minimum absolute atomic E-state index is 0.0293. The smallest absolute Gasteiger partial charge is 0.348 e. The number of carbonyl (C=O) groups is 3. The average Bonchev–Trinajstić information content (AvgIpc) is 2.97. The van der Waals surface area contributed by atoms with Crippen molar-refractivity contribution in [3.63, 3.8) is 0 Å². The lowest BCUT2D eigenvalue weighted by Gasteiger charge is -2.09. The molecule has 0 aliphatic heterocycles. The molecule has 7 nitrogen and oxygen atoms in total. The van der Waals surface area contributed by atoms with Gasteiger partial charge in [0.05, 0.1) is 18.8 Å². The number of carbonyl (C=O) groups excluding carboxylic acids is 3. The van der Waals surface area contributed by atoms with Gasteiger partial charge in [0.1, 0.15) is 22.0 Å². The van der Waals surface area contributed by atoms with Crippen LogP contribution < -0.4 is 5.73 Å². The third-order valence-electron chi connectivity index (χ3n) is 3.61. The van der Waals surface area contributed by atoms with Crippen molar-refractivity contribution in [2.24, 2.45) is 0 Å². The molecule has 0 saturated heterocycles. The van der Waals surface area contributed by atoms with Crippen molar-refractivity contribution in [1.29, 1.82) is 0 Å². The summed E-state index contributed by atoms with van der Waals surface area (Å²) in [5.41, 5.74) is 7.50. The van der Waals surface area contributed by atoms with Crippen molar-refractivity contribution < 1.29 is 28.6 Å². The lowest BCUT2D eigenvalue weighted by Crippen LogP contribution is -2.14. The number of rotatable bonds is 7. The van der Waals surface area contributed by atoms with Crippen molar-refractivity contribution in [2.45, 2.75) is 27.4 Å². The normalized spacial score (nSPS) is 10.3. The second-order valence-electron chi connectivity index (χ2n) is 5.53. The molecular formula is C19H21NO6S. The van der Waals surface area contributed by atoms with Crippen LogP contribution in [0, 0.1) is 6.92 Å². The third-order valence-corrected chi connectivity index (χ3v) is 4.65. The van der Waals surface area contributed by atoms with Crippen LogP contribution in [0.25, 0.3) is 0 Å². The number of benzene rings is 1. The number of nitrogens with two attached hydrogens (primary N) is 1. The molecule has 0 aliphatic carbocycles. The van der Waals surface area contributed by atoms with E-state index in [9.17, 15) is 14.4 Å². The SMILES string of the molecule is CCOC(=O)c1sc(N)c(C(=O)OCC)c1COC(=O)c1ccc(C)cc1. The fraction of sp³-hybridized carbons (Fsp3) is 0.316. The van der Waals surface area contributed by atoms with Gasteiger partial charge in [0.15, 0.2) is 0 Å². The van der Waals surface area contributed by atoms with Crippen LogP contribution in [0.4, 0.5) is 5.00 Å². The Kier molecular flexibility index (Phi) is 6.95. The van der Waals surface area contributed by atoms with E-state index in [1.165, 1.54) is 0 Å². The molecule has 0 atom stereocenters. The van der Waals surface area contributed by atoms with Crippen LogP contribution in [0.3, 0.4) is 0 Å². The van der Waals surface area contributed by atoms with E-state index >= 15 is 0 Å². The molecule has 1 heterocycles. The van der Waals surface area contributed by atoms with Crippen LogP contribution in [0.15, 0.2) is 24.3 Å². The molecule has 2 rings (SSSR count). The van der Waals surface area contributed by atoms with Gasteiger partial charge in [-0.1, -0.05) is 17.7 Å². The Morgan fingerprint density at radius 1 is 0.926 bits per heavy atom. The van der Waals surface area contributed by atoms with E-state index in [-0.39, 0.29) is 40.8 Å². The highest BCUT2D eigenvalue weighted by molar-refractivity contribution is 7.18. The number of thiophene rings is 1. The van der Waals surface area contributed by atoms with Gasteiger partial charge in [-0.2, -0.15) is 0 Å². The Labute approximate surface area is 161 Å². The molecule has 0 saturated carbocycles. The largest absolute Gasteiger partial charge is 0.462 e. The van der Waals surface area contributed by atoms with Crippen molar-refractivity contribution in [1.82, 2.24) is 0 Å². The van der Waals surface area contributed by atoms with E-state index in [0.717, 1.165) is 16.9 Å². The quantitative estimate of drug-likeness (QED) is 0.570. The van der Waals surface area contributed by atoms with Crippen LogP contribution in [-0.2, 0) is 20.8 Å². The Morgan fingerprint density at radius 2 is 1.52 bits per heavy atom. The molecule has 0 amide bonds. The molecule has 27 heavy (non-hydrogen) atoms. The van der Waals surface area contributed by atoms with Crippen LogP contribution in [0.2, 0.25) is 0 Å². The molecular weight excluding hydrogens is 370 g/mol. The number of esters is 3. The highest BCUT2D eigenvalue weighted by Crippen LogP contribution is 2.33. The first kappa shape index (κ1) is 20.4. The van der Waals surface area contributed by atoms with Gasteiger partial charge >= 0.3 is 17.9 Å². The average molecular weight is 391 g/mol. The number of hydrogen-bond acceptors (Lipinski definition) is 8. The molecule has 1 aromatic heterocycles. The van der Waals surface area contributed by atoms with Gasteiger partial charge in [-0.25, -0.2) is 14.4 Å². The summed E-state index contributed by atoms with van der Waals surface area (Å²) >= 11 is 0.904. The van der Waals surface area contributed by atoms with Gasteiger partial charge in [0.25, 0.3) is 0 Å². The summed E-state index contributed by atoms with van der Waals surface area (Å²) in [4.78, 5) is 36.8. The highest BCUT2D eigenvalue weighted by atomic mass is 32.1. The van der Waals surface area contributed by atoms with Gasteiger partial charge < -0.3 is 19.9 Å². The lowest BCUT2D eigenvalue weighted by molar-refractivity contribution is 0.0437. The van der Waals surface area contributed by atoms with Crippen LogP contribution >= 0.6 is 11.3 Å². The molecule has 2 N–H and O–H groups in total. The first-order chi connectivity index (χ1) is 12.9. The number of anilines is 1. The summed E-state index contributed by atoms with van der Waals surface area (Å²) in [5.74, 6) is -1.89. The summed E-state index contributed by atoms with van der Waals surface area (Å²) in [7, 11) is 0. The Balaban J connectivity index is 2.31. The van der Waals surface area contributed by atoms with Crippen LogP contribution in [-0.4, -0.2) is 31.1 Å². The maximum absolute atomic E-state index is 12.3. The maximum Gasteiger partial charge on any atom is 0.348 e. The zero-order chi connectivity index (χ0) is 20.0. The first-order valence-electron chi connectivity index (χ1n) is 8.38. The van der Waals surface area contributed by atoms with E-state index in [0.29, 0.717) is 5.56 Å². The molecule has 8 heteroatoms. The zero-order valence-corrected chi connectivity index (χ0v) is 16.2. The molecule has 1 aromatic carbocycles. The van der Waals surface area contributed by atoms with Crippen LogP contribution in [0.1, 0.15) is 55.4 Å². The number of ether oxygens (including phenoxy) is 3. The Hall–Kier alpha value is -2.87. The van der Waals surface area contributed by atoms with Gasteiger partial charge in [-0.15, -0.1) is 11.3 Å². The monoisotopic (exact) mass is 391 g/mol. The van der Waals surface area contributed by atoms with E-state index in [1.807, 2.05) is 6.92 Å². The van der Waals surface area contributed by atoms with Gasteiger partial charge in [0.2, 0.25) is 0 Å². The minimum atomic E-state index is -0.678. The van der Waals surface area contributed by atoms with Crippen LogP contribution in [0.5, 0.6) is 0 Å². The molecule has 0 unspecified atom stereocenters. The number of nitrogen functional groups attached to an aromatic ring is 1. The second-order valence-corrected chi connectivity index (χ2v) is 6.58. The molecule has 0 radical (unpaired) electrons. The summed E-state index contributed by atoms with van der Waals surface area (Å²) in [6.07, 6.45) is 0. The number of hydrogen-bond donors (Lipinski definition) is 1. The summed E-state index contributed by atoms with van der Waals surface area (Å²) in [6, 6.07) is 6.84. The van der Waals surface area contributed by atoms with Crippen molar-refractivity contribution in [3.05, 3.63) is 51.4 Å². The van der Waals surface area contributed by atoms with Crippen molar-refractivity contribution in [2.75, 3.05) is 18.9 Å². The molecule has 0 fully saturated rings. The third kappa shape index (κ3) is 4.85. The predicted molar refractivity (Wildman–Crippen MR) is 101 cm³/mol.